The maximum atomic E-state index is 10.3. The Bertz CT molecular complexity index is 379. The number of hydrogen-bond acceptors (Lipinski definition) is 5. The topological polar surface area (TPSA) is 94.1 Å². The molecule has 1 heterocycles. The van der Waals surface area contributed by atoms with E-state index < -0.39 is 5.97 Å². The Morgan fingerprint density at radius 2 is 1.94 bits per heavy atom. The van der Waals surface area contributed by atoms with E-state index in [0.29, 0.717) is 24.7 Å². The number of aliphatic carboxylic acids is 1. The predicted octanol–water partition coefficient (Wildman–Crippen LogP) is 0.168. The number of aliphatic hydroxyl groups excluding tert-OH is 2. The van der Waals surface area contributed by atoms with E-state index in [-0.39, 0.29) is 13.2 Å². The fraction of sp³-hybridized carbons (Fsp3) is 0.364. The van der Waals surface area contributed by atoms with Crippen molar-refractivity contribution in [3.63, 3.8) is 0 Å². The largest absolute Gasteiger partial charge is 0.478 e. The number of carboxylic acids is 1. The van der Waals surface area contributed by atoms with Crippen LogP contribution in [0.4, 0.5) is 5.88 Å². The molecule has 1 aromatic rings. The molecule has 0 bridgehead atoms. The highest BCUT2D eigenvalue weighted by Crippen LogP contribution is 2.19. The minimum atomic E-state index is -1.05. The van der Waals surface area contributed by atoms with Gasteiger partial charge in [-0.25, -0.2) is 4.79 Å². The Hall–Kier alpha value is -1.79. The van der Waals surface area contributed by atoms with E-state index in [2.05, 4.69) is 0 Å². The molecule has 1 aromatic heterocycles. The van der Waals surface area contributed by atoms with E-state index in [4.69, 9.17) is 19.7 Å². The molecule has 6 nitrogen and oxygen atoms in total. The number of nitrogens with zero attached hydrogens (tertiary/aromatic N) is 1. The average Bonchev–Trinajstić information content (AvgIpc) is 2.74. The maximum absolute atomic E-state index is 10.3. The Morgan fingerprint density at radius 3 is 2.47 bits per heavy atom. The van der Waals surface area contributed by atoms with Crippen LogP contribution in [0.3, 0.4) is 0 Å². The molecule has 0 aliphatic rings. The third-order valence-electron chi connectivity index (χ3n) is 2.05. The minimum Gasteiger partial charge on any atom is -0.478 e. The van der Waals surface area contributed by atoms with Gasteiger partial charge in [-0.15, -0.1) is 0 Å². The van der Waals surface area contributed by atoms with E-state index in [0.717, 1.165) is 6.08 Å². The third kappa shape index (κ3) is 4.29. The zero-order chi connectivity index (χ0) is 12.7. The third-order valence-corrected chi connectivity index (χ3v) is 2.05. The summed E-state index contributed by atoms with van der Waals surface area (Å²) in [5.41, 5.74) is 0. The van der Waals surface area contributed by atoms with Crippen LogP contribution in [0, 0.1) is 0 Å². The van der Waals surface area contributed by atoms with Crippen LogP contribution in [0.2, 0.25) is 0 Å². The number of carbonyl (C=O) groups is 1. The molecule has 0 spiro atoms. The van der Waals surface area contributed by atoms with Gasteiger partial charge in [0.2, 0.25) is 0 Å². The summed E-state index contributed by atoms with van der Waals surface area (Å²) >= 11 is 0. The Labute approximate surface area is 98.4 Å². The smallest absolute Gasteiger partial charge is 0.328 e. The van der Waals surface area contributed by atoms with E-state index in [1.54, 1.807) is 17.0 Å². The number of rotatable bonds is 7. The van der Waals surface area contributed by atoms with Gasteiger partial charge in [0.25, 0.3) is 0 Å². The van der Waals surface area contributed by atoms with Crippen molar-refractivity contribution in [2.24, 2.45) is 0 Å². The van der Waals surface area contributed by atoms with Crippen molar-refractivity contribution in [1.29, 1.82) is 0 Å². The molecule has 0 saturated carbocycles. The minimum absolute atomic E-state index is 0.0546. The second kappa shape index (κ2) is 6.72. The van der Waals surface area contributed by atoms with Gasteiger partial charge < -0.3 is 24.6 Å². The highest BCUT2D eigenvalue weighted by molar-refractivity contribution is 5.84. The molecule has 0 saturated heterocycles. The summed E-state index contributed by atoms with van der Waals surface area (Å²) in [7, 11) is 0. The number of hydrogen-bond donors (Lipinski definition) is 3. The van der Waals surface area contributed by atoms with Gasteiger partial charge >= 0.3 is 5.97 Å². The molecular weight excluding hydrogens is 226 g/mol. The van der Waals surface area contributed by atoms with Gasteiger partial charge in [0.05, 0.1) is 13.2 Å². The molecule has 0 unspecified atom stereocenters. The highest BCUT2D eigenvalue weighted by Gasteiger charge is 2.09. The normalized spacial score (nSPS) is 10.9. The van der Waals surface area contributed by atoms with Gasteiger partial charge in [-0.1, -0.05) is 0 Å². The maximum Gasteiger partial charge on any atom is 0.328 e. The lowest BCUT2D eigenvalue weighted by Gasteiger charge is -2.19. The first-order chi connectivity index (χ1) is 8.17. The molecule has 0 fully saturated rings. The molecule has 0 atom stereocenters. The second-order valence-electron chi connectivity index (χ2n) is 3.28. The summed E-state index contributed by atoms with van der Waals surface area (Å²) in [6.07, 6.45) is 2.31. The number of carboxylic acid groups (broad SMARTS) is 1. The van der Waals surface area contributed by atoms with Crippen LogP contribution in [0.15, 0.2) is 22.6 Å². The fourth-order valence-corrected chi connectivity index (χ4v) is 1.33. The van der Waals surface area contributed by atoms with Crippen LogP contribution in [-0.4, -0.2) is 47.6 Å². The van der Waals surface area contributed by atoms with E-state index in [1.165, 1.54) is 6.08 Å². The van der Waals surface area contributed by atoms with Gasteiger partial charge in [0.1, 0.15) is 5.76 Å². The zero-order valence-corrected chi connectivity index (χ0v) is 9.24. The lowest BCUT2D eigenvalue weighted by Crippen LogP contribution is -2.29. The van der Waals surface area contributed by atoms with E-state index in [1.807, 2.05) is 0 Å². The lowest BCUT2D eigenvalue weighted by atomic mass is 10.4. The van der Waals surface area contributed by atoms with Crippen LogP contribution in [0.25, 0.3) is 6.08 Å². The second-order valence-corrected chi connectivity index (χ2v) is 3.28. The van der Waals surface area contributed by atoms with Gasteiger partial charge in [-0.2, -0.15) is 0 Å². The predicted molar refractivity (Wildman–Crippen MR) is 61.8 cm³/mol. The molecule has 1 rings (SSSR count). The Balaban J connectivity index is 2.73. The SMILES string of the molecule is O=C(O)/C=C/c1ccc(N(CCO)CCO)o1. The molecule has 17 heavy (non-hydrogen) atoms. The summed E-state index contributed by atoms with van der Waals surface area (Å²) in [6, 6.07) is 3.28. The van der Waals surface area contributed by atoms with Crippen LogP contribution < -0.4 is 4.90 Å². The van der Waals surface area contributed by atoms with Gasteiger partial charge in [-0.05, 0) is 12.1 Å². The highest BCUT2D eigenvalue weighted by atomic mass is 16.4. The molecule has 0 radical (unpaired) electrons. The van der Waals surface area contributed by atoms with Gasteiger partial charge in [0.15, 0.2) is 5.88 Å². The molecule has 0 aliphatic heterocycles. The van der Waals surface area contributed by atoms with Crippen molar-refractivity contribution in [3.8, 4) is 0 Å². The summed E-state index contributed by atoms with van der Waals surface area (Å²) in [4.78, 5) is 12.0. The standard InChI is InChI=1S/C11H15NO5/c13-7-5-12(6-8-14)10-3-1-9(17-10)2-4-11(15)16/h1-4,13-14H,5-8H2,(H,15,16)/b4-2+. The lowest BCUT2D eigenvalue weighted by molar-refractivity contribution is -0.131. The molecule has 0 aromatic carbocycles. The van der Waals surface area contributed by atoms with Crippen LogP contribution in [-0.2, 0) is 4.79 Å². The number of aliphatic hydroxyl groups is 2. The monoisotopic (exact) mass is 241 g/mol. The first kappa shape index (κ1) is 13.3. The molecular formula is C11H15NO5. The molecule has 6 heteroatoms. The first-order valence-corrected chi connectivity index (χ1v) is 5.15. The number of anilines is 1. The molecule has 3 N–H and O–H groups in total. The number of furan rings is 1. The molecule has 94 valence electrons. The molecule has 0 amide bonds. The van der Waals surface area contributed by atoms with Crippen molar-refractivity contribution < 1.29 is 24.5 Å². The average molecular weight is 241 g/mol. The Kier molecular flexibility index (Phi) is 5.25. The van der Waals surface area contributed by atoms with Crippen LogP contribution in [0.1, 0.15) is 5.76 Å². The van der Waals surface area contributed by atoms with Crippen molar-refractivity contribution in [3.05, 3.63) is 24.0 Å². The summed E-state index contributed by atoms with van der Waals surface area (Å²) in [5.74, 6) is -0.160. The summed E-state index contributed by atoms with van der Waals surface area (Å²) in [5, 5.41) is 26.2. The fourth-order valence-electron chi connectivity index (χ4n) is 1.33. The van der Waals surface area contributed by atoms with Crippen LogP contribution >= 0.6 is 0 Å². The zero-order valence-electron chi connectivity index (χ0n) is 9.24. The first-order valence-electron chi connectivity index (χ1n) is 5.15. The van der Waals surface area contributed by atoms with Crippen LogP contribution in [0.5, 0.6) is 0 Å². The molecule has 0 aliphatic carbocycles. The summed E-state index contributed by atoms with van der Waals surface area (Å²) < 4.78 is 5.35. The van der Waals surface area contributed by atoms with E-state index in [9.17, 15) is 4.79 Å². The Morgan fingerprint density at radius 1 is 1.29 bits per heavy atom. The summed E-state index contributed by atoms with van der Waals surface area (Å²) in [6.45, 7) is 0.578. The quantitative estimate of drug-likeness (QED) is 0.589. The van der Waals surface area contributed by atoms with Gasteiger partial charge in [0, 0.05) is 25.2 Å². The van der Waals surface area contributed by atoms with Crippen molar-refractivity contribution in [2.45, 2.75) is 0 Å². The van der Waals surface area contributed by atoms with E-state index >= 15 is 0 Å². The van der Waals surface area contributed by atoms with Gasteiger partial charge in [-0.3, -0.25) is 0 Å². The van der Waals surface area contributed by atoms with Crippen molar-refractivity contribution in [1.82, 2.24) is 0 Å². The van der Waals surface area contributed by atoms with Crippen molar-refractivity contribution >= 4 is 17.9 Å². The van der Waals surface area contributed by atoms with Crippen molar-refractivity contribution in [2.75, 3.05) is 31.2 Å².